The van der Waals surface area contributed by atoms with E-state index in [0.29, 0.717) is 5.95 Å². The Morgan fingerprint density at radius 3 is 2.74 bits per heavy atom. The van der Waals surface area contributed by atoms with Gasteiger partial charge in [0.1, 0.15) is 5.82 Å². The van der Waals surface area contributed by atoms with Crippen LogP contribution in [0.25, 0.3) is 0 Å². The van der Waals surface area contributed by atoms with Crippen LogP contribution in [0, 0.1) is 0 Å². The molecule has 0 radical (unpaired) electrons. The molecule has 0 saturated heterocycles. The molecule has 2 aromatic rings. The topological polar surface area (TPSA) is 53.1 Å². The van der Waals surface area contributed by atoms with E-state index in [-0.39, 0.29) is 0 Å². The Kier molecular flexibility index (Phi) is 4.21. The van der Waals surface area contributed by atoms with E-state index in [1.54, 1.807) is 13.2 Å². The molecule has 1 aromatic carbocycles. The Bertz CT molecular complexity index is 571. The first-order valence-electron chi connectivity index (χ1n) is 5.85. The SMILES string of the molecule is CNc1ncc(Br)c(Nc2cccc(N(C)C)c2)n1. The predicted molar refractivity (Wildman–Crippen MR) is 83.3 cm³/mol. The zero-order valence-corrected chi connectivity index (χ0v) is 12.7. The van der Waals surface area contributed by atoms with Crippen LogP contribution in [0.2, 0.25) is 0 Å². The van der Waals surface area contributed by atoms with Crippen LogP contribution in [0.5, 0.6) is 0 Å². The third-order valence-corrected chi connectivity index (χ3v) is 3.17. The van der Waals surface area contributed by atoms with Crippen molar-refractivity contribution in [3.8, 4) is 0 Å². The summed E-state index contributed by atoms with van der Waals surface area (Å²) in [6.45, 7) is 0. The van der Waals surface area contributed by atoms with Gasteiger partial charge in [0.2, 0.25) is 5.95 Å². The van der Waals surface area contributed by atoms with Gasteiger partial charge < -0.3 is 15.5 Å². The molecule has 2 rings (SSSR count). The van der Waals surface area contributed by atoms with Crippen LogP contribution in [0.3, 0.4) is 0 Å². The number of nitrogens with zero attached hydrogens (tertiary/aromatic N) is 3. The molecular weight excluding hydrogens is 306 g/mol. The fourth-order valence-corrected chi connectivity index (χ4v) is 1.86. The summed E-state index contributed by atoms with van der Waals surface area (Å²) in [6.07, 6.45) is 1.72. The molecule has 0 unspecified atom stereocenters. The lowest BCUT2D eigenvalue weighted by atomic mass is 10.2. The van der Waals surface area contributed by atoms with Gasteiger partial charge in [-0.25, -0.2) is 4.98 Å². The zero-order valence-electron chi connectivity index (χ0n) is 11.1. The van der Waals surface area contributed by atoms with Crippen molar-refractivity contribution in [2.24, 2.45) is 0 Å². The average molecular weight is 322 g/mol. The summed E-state index contributed by atoms with van der Waals surface area (Å²) in [5.41, 5.74) is 2.11. The zero-order chi connectivity index (χ0) is 13.8. The summed E-state index contributed by atoms with van der Waals surface area (Å²) in [4.78, 5) is 10.5. The molecule has 0 spiro atoms. The van der Waals surface area contributed by atoms with E-state index in [4.69, 9.17) is 0 Å². The van der Waals surface area contributed by atoms with Crippen LogP contribution < -0.4 is 15.5 Å². The summed E-state index contributed by atoms with van der Waals surface area (Å²) in [7, 11) is 5.82. The molecule has 0 aliphatic carbocycles. The molecule has 2 N–H and O–H groups in total. The van der Waals surface area contributed by atoms with E-state index in [2.05, 4.69) is 53.6 Å². The summed E-state index contributed by atoms with van der Waals surface area (Å²) in [5, 5.41) is 6.20. The lowest BCUT2D eigenvalue weighted by Crippen LogP contribution is -2.08. The lowest BCUT2D eigenvalue weighted by Gasteiger charge is -2.14. The standard InChI is InChI=1S/C13H16BrN5/c1-15-13-16-8-11(14)12(18-13)17-9-5-4-6-10(7-9)19(2)3/h4-8H,1-3H3,(H2,15,16,17,18). The maximum atomic E-state index is 4.37. The molecule has 6 heteroatoms. The Hall–Kier alpha value is -1.82. The van der Waals surface area contributed by atoms with Crippen molar-refractivity contribution < 1.29 is 0 Å². The highest BCUT2D eigenvalue weighted by Gasteiger charge is 2.05. The Morgan fingerprint density at radius 2 is 2.05 bits per heavy atom. The molecular formula is C13H16BrN5. The Balaban J connectivity index is 2.28. The predicted octanol–water partition coefficient (Wildman–Crippen LogP) is 3.09. The van der Waals surface area contributed by atoms with Gasteiger partial charge in [-0.05, 0) is 34.1 Å². The number of anilines is 4. The number of rotatable bonds is 4. The lowest BCUT2D eigenvalue weighted by molar-refractivity contribution is 1.13. The van der Waals surface area contributed by atoms with E-state index >= 15 is 0 Å². The van der Waals surface area contributed by atoms with Gasteiger partial charge in [0.15, 0.2) is 0 Å². The van der Waals surface area contributed by atoms with Crippen LogP contribution in [-0.4, -0.2) is 31.1 Å². The van der Waals surface area contributed by atoms with Crippen molar-refractivity contribution in [2.75, 3.05) is 36.7 Å². The quantitative estimate of drug-likeness (QED) is 0.906. The fourth-order valence-electron chi connectivity index (χ4n) is 1.57. The van der Waals surface area contributed by atoms with E-state index in [1.165, 1.54) is 0 Å². The molecule has 100 valence electrons. The van der Waals surface area contributed by atoms with Crippen molar-refractivity contribution in [1.29, 1.82) is 0 Å². The van der Waals surface area contributed by atoms with Gasteiger partial charge in [0.25, 0.3) is 0 Å². The summed E-state index contributed by atoms with van der Waals surface area (Å²) < 4.78 is 0.821. The maximum Gasteiger partial charge on any atom is 0.224 e. The van der Waals surface area contributed by atoms with Crippen molar-refractivity contribution >= 4 is 39.1 Å². The first-order valence-corrected chi connectivity index (χ1v) is 6.64. The molecule has 0 fully saturated rings. The van der Waals surface area contributed by atoms with Crippen molar-refractivity contribution in [1.82, 2.24) is 9.97 Å². The largest absolute Gasteiger partial charge is 0.378 e. The Morgan fingerprint density at radius 1 is 1.26 bits per heavy atom. The molecule has 1 heterocycles. The van der Waals surface area contributed by atoms with Gasteiger partial charge in [-0.15, -0.1) is 0 Å². The van der Waals surface area contributed by atoms with Gasteiger partial charge in [-0.2, -0.15) is 4.98 Å². The first-order chi connectivity index (χ1) is 9.10. The highest BCUT2D eigenvalue weighted by atomic mass is 79.9. The monoisotopic (exact) mass is 321 g/mol. The second-order valence-corrected chi connectivity index (χ2v) is 5.06. The van der Waals surface area contributed by atoms with Crippen LogP contribution >= 0.6 is 15.9 Å². The third kappa shape index (κ3) is 3.35. The summed E-state index contributed by atoms with van der Waals surface area (Å²) in [6, 6.07) is 8.12. The molecule has 0 amide bonds. The molecule has 0 aliphatic heterocycles. The van der Waals surface area contributed by atoms with E-state index in [9.17, 15) is 0 Å². The number of hydrogen-bond acceptors (Lipinski definition) is 5. The highest BCUT2D eigenvalue weighted by Crippen LogP contribution is 2.26. The van der Waals surface area contributed by atoms with Crippen LogP contribution in [0.4, 0.5) is 23.1 Å². The van der Waals surface area contributed by atoms with E-state index in [1.807, 2.05) is 26.2 Å². The number of hydrogen-bond donors (Lipinski definition) is 2. The first kappa shape index (κ1) is 13.6. The molecule has 0 atom stereocenters. The van der Waals surface area contributed by atoms with Gasteiger partial charge in [-0.1, -0.05) is 6.07 Å². The van der Waals surface area contributed by atoms with E-state index in [0.717, 1.165) is 21.7 Å². The van der Waals surface area contributed by atoms with Crippen LogP contribution in [0.15, 0.2) is 34.9 Å². The van der Waals surface area contributed by atoms with Gasteiger partial charge in [0.05, 0.1) is 4.47 Å². The maximum absolute atomic E-state index is 4.37. The minimum atomic E-state index is 0.578. The molecule has 5 nitrogen and oxygen atoms in total. The van der Waals surface area contributed by atoms with Crippen molar-refractivity contribution in [2.45, 2.75) is 0 Å². The molecule has 0 bridgehead atoms. The van der Waals surface area contributed by atoms with Crippen LogP contribution in [0.1, 0.15) is 0 Å². The Labute approximate surface area is 121 Å². The molecule has 0 saturated carbocycles. The second-order valence-electron chi connectivity index (χ2n) is 4.21. The van der Waals surface area contributed by atoms with Crippen molar-refractivity contribution in [3.05, 3.63) is 34.9 Å². The molecule has 19 heavy (non-hydrogen) atoms. The molecule has 1 aromatic heterocycles. The fraction of sp³-hybridized carbons (Fsp3) is 0.231. The van der Waals surface area contributed by atoms with Gasteiger partial charge >= 0.3 is 0 Å². The van der Waals surface area contributed by atoms with E-state index < -0.39 is 0 Å². The highest BCUT2D eigenvalue weighted by molar-refractivity contribution is 9.10. The number of halogens is 1. The minimum Gasteiger partial charge on any atom is -0.378 e. The summed E-state index contributed by atoms with van der Waals surface area (Å²) in [5.74, 6) is 1.31. The van der Waals surface area contributed by atoms with Crippen LogP contribution in [-0.2, 0) is 0 Å². The second kappa shape index (κ2) is 5.88. The average Bonchev–Trinajstić information content (AvgIpc) is 2.41. The third-order valence-electron chi connectivity index (χ3n) is 2.59. The van der Waals surface area contributed by atoms with Gasteiger partial charge in [0, 0.05) is 38.7 Å². The minimum absolute atomic E-state index is 0.578. The smallest absolute Gasteiger partial charge is 0.224 e. The number of benzene rings is 1. The normalized spacial score (nSPS) is 10.1. The number of aromatic nitrogens is 2. The van der Waals surface area contributed by atoms with Crippen molar-refractivity contribution in [3.63, 3.8) is 0 Å². The number of nitrogens with one attached hydrogen (secondary N) is 2. The summed E-state index contributed by atoms with van der Waals surface area (Å²) >= 11 is 3.44. The van der Waals surface area contributed by atoms with Gasteiger partial charge in [-0.3, -0.25) is 0 Å². The molecule has 0 aliphatic rings.